The van der Waals surface area contributed by atoms with E-state index in [1.54, 1.807) is 6.07 Å². The first kappa shape index (κ1) is 14.8. The molecule has 20 heavy (non-hydrogen) atoms. The molecular weight excluding hydrogens is 289 g/mol. The highest BCUT2D eigenvalue weighted by molar-refractivity contribution is 6.31. The number of aromatic nitrogens is 1. The molecule has 0 bridgehead atoms. The SMILES string of the molecule is FC(F)(F)c1ccc(CNCc2ccccc2Cl)nc1. The maximum absolute atomic E-state index is 12.4. The maximum atomic E-state index is 12.4. The molecule has 0 fully saturated rings. The van der Waals surface area contributed by atoms with Crippen molar-refractivity contribution in [2.45, 2.75) is 19.3 Å². The number of pyridine rings is 1. The zero-order chi connectivity index (χ0) is 14.6. The number of hydrogen-bond acceptors (Lipinski definition) is 2. The van der Waals surface area contributed by atoms with Gasteiger partial charge < -0.3 is 5.32 Å². The van der Waals surface area contributed by atoms with Gasteiger partial charge in [-0.1, -0.05) is 29.8 Å². The zero-order valence-corrected chi connectivity index (χ0v) is 11.2. The zero-order valence-electron chi connectivity index (χ0n) is 10.4. The summed E-state index contributed by atoms with van der Waals surface area (Å²) in [6.07, 6.45) is -3.51. The topological polar surface area (TPSA) is 24.9 Å². The van der Waals surface area contributed by atoms with E-state index in [0.29, 0.717) is 23.8 Å². The molecule has 2 rings (SSSR count). The van der Waals surface area contributed by atoms with Gasteiger partial charge in [0.15, 0.2) is 0 Å². The summed E-state index contributed by atoms with van der Waals surface area (Å²) in [5.41, 5.74) is 0.735. The molecule has 0 aliphatic heterocycles. The number of alkyl halides is 3. The summed E-state index contributed by atoms with van der Waals surface area (Å²) in [6.45, 7) is 0.908. The van der Waals surface area contributed by atoms with Crippen LogP contribution in [-0.2, 0) is 19.3 Å². The van der Waals surface area contributed by atoms with Crippen molar-refractivity contribution in [1.29, 1.82) is 0 Å². The van der Waals surface area contributed by atoms with Gasteiger partial charge in [-0.3, -0.25) is 4.98 Å². The molecule has 0 saturated carbocycles. The molecule has 1 aromatic heterocycles. The highest BCUT2D eigenvalue weighted by Crippen LogP contribution is 2.28. The lowest BCUT2D eigenvalue weighted by Gasteiger charge is -2.08. The van der Waals surface area contributed by atoms with Crippen molar-refractivity contribution in [2.75, 3.05) is 0 Å². The lowest BCUT2D eigenvalue weighted by Crippen LogP contribution is -2.14. The summed E-state index contributed by atoms with van der Waals surface area (Å²) in [5.74, 6) is 0. The second-order valence-corrected chi connectivity index (χ2v) is 4.64. The van der Waals surface area contributed by atoms with Gasteiger partial charge in [-0.05, 0) is 23.8 Å². The largest absolute Gasteiger partial charge is 0.417 e. The Kier molecular flexibility index (Phi) is 4.62. The molecule has 0 aliphatic rings. The monoisotopic (exact) mass is 300 g/mol. The minimum absolute atomic E-state index is 0.378. The smallest absolute Gasteiger partial charge is 0.307 e. The fourth-order valence-electron chi connectivity index (χ4n) is 1.66. The number of halogens is 4. The average Bonchev–Trinajstić information content (AvgIpc) is 2.40. The Balaban J connectivity index is 1.90. The quantitative estimate of drug-likeness (QED) is 0.921. The Hall–Kier alpha value is -1.59. The third-order valence-electron chi connectivity index (χ3n) is 2.73. The number of rotatable bonds is 4. The summed E-state index contributed by atoms with van der Waals surface area (Å²) < 4.78 is 37.1. The number of nitrogens with one attached hydrogen (secondary N) is 1. The van der Waals surface area contributed by atoms with Crippen LogP contribution in [-0.4, -0.2) is 4.98 Å². The first-order chi connectivity index (χ1) is 9.47. The Labute approximate surface area is 119 Å². The third kappa shape index (κ3) is 3.95. The van der Waals surface area contributed by atoms with E-state index < -0.39 is 11.7 Å². The van der Waals surface area contributed by atoms with E-state index in [-0.39, 0.29) is 0 Å². The van der Waals surface area contributed by atoms with Crippen LogP contribution in [0.5, 0.6) is 0 Å². The summed E-state index contributed by atoms with van der Waals surface area (Å²) in [7, 11) is 0. The van der Waals surface area contributed by atoms with Crippen molar-refractivity contribution < 1.29 is 13.2 Å². The second-order valence-electron chi connectivity index (χ2n) is 4.23. The van der Waals surface area contributed by atoms with Crippen LogP contribution in [0.1, 0.15) is 16.8 Å². The Morgan fingerprint density at radius 3 is 2.40 bits per heavy atom. The molecule has 0 amide bonds. The Morgan fingerprint density at radius 2 is 1.80 bits per heavy atom. The van der Waals surface area contributed by atoms with E-state index in [0.717, 1.165) is 17.8 Å². The van der Waals surface area contributed by atoms with Crippen LogP contribution in [0, 0.1) is 0 Å². The van der Waals surface area contributed by atoms with Gasteiger partial charge in [-0.25, -0.2) is 0 Å². The van der Waals surface area contributed by atoms with Crippen LogP contribution in [0.15, 0.2) is 42.6 Å². The molecule has 0 radical (unpaired) electrons. The van der Waals surface area contributed by atoms with Gasteiger partial charge in [0, 0.05) is 24.3 Å². The molecule has 1 heterocycles. The van der Waals surface area contributed by atoms with E-state index in [1.165, 1.54) is 6.07 Å². The number of nitrogens with zero attached hydrogens (tertiary/aromatic N) is 1. The number of benzene rings is 1. The van der Waals surface area contributed by atoms with Gasteiger partial charge in [0.25, 0.3) is 0 Å². The molecule has 0 atom stereocenters. The molecule has 0 unspecified atom stereocenters. The predicted molar refractivity (Wildman–Crippen MR) is 71.2 cm³/mol. The molecule has 1 aromatic carbocycles. The maximum Gasteiger partial charge on any atom is 0.417 e. The van der Waals surface area contributed by atoms with E-state index in [9.17, 15) is 13.2 Å². The fourth-order valence-corrected chi connectivity index (χ4v) is 1.87. The van der Waals surface area contributed by atoms with E-state index >= 15 is 0 Å². The minimum Gasteiger partial charge on any atom is -0.307 e. The van der Waals surface area contributed by atoms with Crippen molar-refractivity contribution in [2.24, 2.45) is 0 Å². The van der Waals surface area contributed by atoms with Gasteiger partial charge in [0.05, 0.1) is 11.3 Å². The molecule has 0 aliphatic carbocycles. The van der Waals surface area contributed by atoms with Crippen molar-refractivity contribution in [3.8, 4) is 0 Å². The normalized spacial score (nSPS) is 11.6. The summed E-state index contributed by atoms with van der Waals surface area (Å²) in [4.78, 5) is 3.78. The Bertz CT molecular complexity index is 567. The highest BCUT2D eigenvalue weighted by atomic mass is 35.5. The average molecular weight is 301 g/mol. The first-order valence-corrected chi connectivity index (χ1v) is 6.31. The molecule has 106 valence electrons. The van der Waals surface area contributed by atoms with Gasteiger partial charge in [0.2, 0.25) is 0 Å². The lowest BCUT2D eigenvalue weighted by atomic mass is 10.2. The molecule has 6 heteroatoms. The number of hydrogen-bond donors (Lipinski definition) is 1. The molecular formula is C14H12ClF3N2. The summed E-state index contributed by atoms with van der Waals surface area (Å²) in [5, 5.41) is 3.74. The first-order valence-electron chi connectivity index (χ1n) is 5.93. The molecule has 0 spiro atoms. The van der Waals surface area contributed by atoms with Gasteiger partial charge >= 0.3 is 6.18 Å². The summed E-state index contributed by atoms with van der Waals surface area (Å²) in [6, 6.07) is 9.77. The lowest BCUT2D eigenvalue weighted by molar-refractivity contribution is -0.137. The van der Waals surface area contributed by atoms with E-state index in [2.05, 4.69) is 10.3 Å². The molecule has 0 saturated heterocycles. The second kappa shape index (κ2) is 6.24. The van der Waals surface area contributed by atoms with Crippen molar-refractivity contribution in [1.82, 2.24) is 10.3 Å². The van der Waals surface area contributed by atoms with Crippen molar-refractivity contribution >= 4 is 11.6 Å². The van der Waals surface area contributed by atoms with Gasteiger partial charge in [-0.2, -0.15) is 13.2 Å². The third-order valence-corrected chi connectivity index (χ3v) is 3.10. The van der Waals surface area contributed by atoms with Crippen LogP contribution >= 0.6 is 11.6 Å². The van der Waals surface area contributed by atoms with Crippen LogP contribution in [0.25, 0.3) is 0 Å². The Morgan fingerprint density at radius 1 is 1.05 bits per heavy atom. The van der Waals surface area contributed by atoms with Crippen LogP contribution < -0.4 is 5.32 Å². The van der Waals surface area contributed by atoms with Crippen molar-refractivity contribution in [3.05, 3.63) is 64.4 Å². The fraction of sp³-hybridized carbons (Fsp3) is 0.214. The van der Waals surface area contributed by atoms with Crippen LogP contribution in [0.3, 0.4) is 0 Å². The minimum atomic E-state index is -4.35. The predicted octanol–water partition coefficient (Wildman–Crippen LogP) is 4.04. The van der Waals surface area contributed by atoms with E-state index in [1.807, 2.05) is 18.2 Å². The molecule has 2 nitrogen and oxygen atoms in total. The van der Waals surface area contributed by atoms with Crippen LogP contribution in [0.4, 0.5) is 13.2 Å². The van der Waals surface area contributed by atoms with Crippen molar-refractivity contribution in [3.63, 3.8) is 0 Å². The van der Waals surface area contributed by atoms with Gasteiger partial charge in [0.1, 0.15) is 0 Å². The van der Waals surface area contributed by atoms with E-state index in [4.69, 9.17) is 11.6 Å². The highest BCUT2D eigenvalue weighted by Gasteiger charge is 2.30. The summed E-state index contributed by atoms with van der Waals surface area (Å²) >= 11 is 6.00. The van der Waals surface area contributed by atoms with Gasteiger partial charge in [-0.15, -0.1) is 0 Å². The molecule has 1 N–H and O–H groups in total. The van der Waals surface area contributed by atoms with Crippen LogP contribution in [0.2, 0.25) is 5.02 Å². The standard InChI is InChI=1S/C14H12ClF3N2/c15-13-4-2-1-3-10(13)7-19-9-12-6-5-11(8-20-12)14(16,17)18/h1-6,8,19H,7,9H2. The molecule has 2 aromatic rings.